The quantitative estimate of drug-likeness (QED) is 0.809. The Bertz CT molecular complexity index is 251. The monoisotopic (exact) mass is 232 g/mol. The number of rotatable bonds is 1. The molecule has 0 spiro atoms. The molecule has 0 bridgehead atoms. The fourth-order valence-corrected chi connectivity index (χ4v) is 1.66. The number of halogens is 3. The van der Waals surface area contributed by atoms with E-state index in [0.717, 1.165) is 11.3 Å². The predicted octanol–water partition coefficient (Wildman–Crippen LogP) is 3.17. The summed E-state index contributed by atoms with van der Waals surface area (Å²) in [6, 6.07) is 1.33. The fourth-order valence-electron chi connectivity index (χ4n) is 0.452. The van der Waals surface area contributed by atoms with Gasteiger partial charge in [0.2, 0.25) is 0 Å². The Balaban J connectivity index is 0.000001000. The summed E-state index contributed by atoms with van der Waals surface area (Å²) in [5.74, 6) is -1.00. The minimum Gasteiger partial charge on any atom is -0.477 e. The largest absolute Gasteiger partial charge is 0.477 e. The van der Waals surface area contributed by atoms with Crippen LogP contribution in [0.4, 0.5) is 0 Å². The van der Waals surface area contributed by atoms with E-state index in [1.807, 2.05) is 0 Å². The SMILES string of the molecule is Cl.O=C(O)c1cc(Cl)c(Cl)s1. The summed E-state index contributed by atoms with van der Waals surface area (Å²) in [7, 11) is 0. The lowest BCUT2D eigenvalue weighted by Gasteiger charge is -1.79. The lowest BCUT2D eigenvalue weighted by Crippen LogP contribution is -1.89. The summed E-state index contributed by atoms with van der Waals surface area (Å²) >= 11 is 11.9. The van der Waals surface area contributed by atoms with Crippen LogP contribution in [0.5, 0.6) is 0 Å². The van der Waals surface area contributed by atoms with Gasteiger partial charge in [-0.3, -0.25) is 0 Å². The molecule has 0 fully saturated rings. The molecule has 0 aliphatic heterocycles. The smallest absolute Gasteiger partial charge is 0.345 e. The first-order chi connectivity index (χ1) is 4.61. The van der Waals surface area contributed by atoms with Crippen molar-refractivity contribution in [1.82, 2.24) is 0 Å². The van der Waals surface area contributed by atoms with Gasteiger partial charge in [0, 0.05) is 0 Å². The van der Waals surface area contributed by atoms with Crippen LogP contribution in [0, 0.1) is 0 Å². The van der Waals surface area contributed by atoms with Gasteiger partial charge in [-0.1, -0.05) is 23.2 Å². The lowest BCUT2D eigenvalue weighted by molar-refractivity contribution is 0.0702. The van der Waals surface area contributed by atoms with Gasteiger partial charge in [-0.25, -0.2) is 4.79 Å². The van der Waals surface area contributed by atoms with Crippen LogP contribution in [0.15, 0.2) is 6.07 Å². The Hall–Kier alpha value is 0.0400. The molecule has 1 heterocycles. The molecule has 62 valence electrons. The molecule has 1 N–H and O–H groups in total. The lowest BCUT2D eigenvalue weighted by atomic mass is 10.5. The van der Waals surface area contributed by atoms with Crippen molar-refractivity contribution in [2.45, 2.75) is 0 Å². The Morgan fingerprint density at radius 3 is 2.27 bits per heavy atom. The van der Waals surface area contributed by atoms with E-state index in [1.165, 1.54) is 6.07 Å². The Kier molecular flexibility index (Phi) is 4.18. The topological polar surface area (TPSA) is 37.3 Å². The van der Waals surface area contributed by atoms with E-state index in [2.05, 4.69) is 0 Å². The molecule has 0 saturated carbocycles. The Morgan fingerprint density at radius 1 is 1.55 bits per heavy atom. The third-order valence-corrected chi connectivity index (χ3v) is 2.71. The van der Waals surface area contributed by atoms with Crippen molar-refractivity contribution in [3.05, 3.63) is 20.3 Å². The molecule has 11 heavy (non-hydrogen) atoms. The number of hydrogen-bond donors (Lipinski definition) is 1. The fraction of sp³-hybridized carbons (Fsp3) is 0. The molecule has 0 amide bonds. The molecule has 1 aromatic heterocycles. The van der Waals surface area contributed by atoms with Crippen LogP contribution in [-0.4, -0.2) is 11.1 Å². The molecule has 6 heteroatoms. The predicted molar refractivity (Wildman–Crippen MR) is 48.5 cm³/mol. The van der Waals surface area contributed by atoms with Gasteiger partial charge in [-0.05, 0) is 6.07 Å². The van der Waals surface area contributed by atoms with Gasteiger partial charge in [0.25, 0.3) is 0 Å². The molecule has 0 radical (unpaired) electrons. The molecule has 1 aromatic rings. The molecule has 0 unspecified atom stereocenters. The average Bonchev–Trinajstić information content (AvgIpc) is 2.13. The molecule has 1 rings (SSSR count). The Morgan fingerprint density at radius 2 is 2.09 bits per heavy atom. The molecular formula is C5H3Cl3O2S. The molecule has 0 aliphatic rings. The highest BCUT2D eigenvalue weighted by Gasteiger charge is 2.09. The maximum absolute atomic E-state index is 10.3. The van der Waals surface area contributed by atoms with Gasteiger partial charge in [-0.2, -0.15) is 0 Å². The zero-order chi connectivity index (χ0) is 7.72. The van der Waals surface area contributed by atoms with Gasteiger partial charge >= 0.3 is 5.97 Å². The summed E-state index contributed by atoms with van der Waals surface area (Å²) in [5, 5.41) is 8.71. The third-order valence-electron chi connectivity index (χ3n) is 0.856. The maximum Gasteiger partial charge on any atom is 0.345 e. The highest BCUT2D eigenvalue weighted by Crippen LogP contribution is 2.31. The first-order valence-electron chi connectivity index (χ1n) is 2.29. The second-order valence-corrected chi connectivity index (χ2v) is 3.60. The first kappa shape index (κ1) is 11.0. The molecule has 0 aliphatic carbocycles. The van der Waals surface area contributed by atoms with Crippen molar-refractivity contribution in [3.63, 3.8) is 0 Å². The van der Waals surface area contributed by atoms with Gasteiger partial charge in [-0.15, -0.1) is 23.7 Å². The van der Waals surface area contributed by atoms with Crippen LogP contribution in [0.3, 0.4) is 0 Å². The minimum absolute atomic E-state index is 0. The van der Waals surface area contributed by atoms with Crippen molar-refractivity contribution in [2.75, 3.05) is 0 Å². The number of aromatic carboxylic acids is 1. The Labute approximate surface area is 83.2 Å². The number of hydrogen-bond acceptors (Lipinski definition) is 2. The van der Waals surface area contributed by atoms with E-state index < -0.39 is 5.97 Å². The summed E-state index contributed by atoms with van der Waals surface area (Å²) in [6.07, 6.45) is 0. The van der Waals surface area contributed by atoms with Crippen LogP contribution >= 0.6 is 46.9 Å². The molecule has 0 atom stereocenters. The molecule has 0 saturated heterocycles. The highest BCUT2D eigenvalue weighted by molar-refractivity contribution is 7.18. The van der Waals surface area contributed by atoms with Crippen LogP contribution in [0.25, 0.3) is 0 Å². The van der Waals surface area contributed by atoms with Crippen LogP contribution < -0.4 is 0 Å². The normalized spacial score (nSPS) is 8.91. The van der Waals surface area contributed by atoms with Crippen molar-refractivity contribution in [2.24, 2.45) is 0 Å². The summed E-state index contributed by atoms with van der Waals surface area (Å²) in [6.45, 7) is 0. The summed E-state index contributed by atoms with van der Waals surface area (Å²) < 4.78 is 0.319. The average molecular weight is 234 g/mol. The first-order valence-corrected chi connectivity index (χ1v) is 3.86. The second kappa shape index (κ2) is 4.16. The number of carboxylic acid groups (broad SMARTS) is 1. The van der Waals surface area contributed by atoms with Crippen LogP contribution in [-0.2, 0) is 0 Å². The van der Waals surface area contributed by atoms with Gasteiger partial charge < -0.3 is 5.11 Å². The number of carboxylic acids is 1. The molecular weight excluding hydrogens is 230 g/mol. The zero-order valence-corrected chi connectivity index (χ0v) is 8.15. The van der Waals surface area contributed by atoms with Gasteiger partial charge in [0.05, 0.1) is 5.02 Å². The van der Waals surface area contributed by atoms with Crippen molar-refractivity contribution in [1.29, 1.82) is 0 Å². The third kappa shape index (κ3) is 2.52. The van der Waals surface area contributed by atoms with Crippen molar-refractivity contribution < 1.29 is 9.90 Å². The zero-order valence-electron chi connectivity index (χ0n) is 5.01. The molecule has 0 aromatic carbocycles. The number of thiophene rings is 1. The van der Waals surface area contributed by atoms with Crippen molar-refractivity contribution >= 4 is 52.9 Å². The van der Waals surface area contributed by atoms with Gasteiger partial charge in [0.15, 0.2) is 0 Å². The second-order valence-electron chi connectivity index (χ2n) is 1.54. The minimum atomic E-state index is -1.00. The number of carbonyl (C=O) groups is 1. The standard InChI is InChI=1S/C5H2Cl2O2S.ClH/c6-2-1-3(5(8)9)10-4(2)7;/h1H,(H,8,9);1H. The summed E-state index contributed by atoms with van der Waals surface area (Å²) in [4.78, 5) is 10.4. The van der Waals surface area contributed by atoms with E-state index in [0.29, 0.717) is 9.36 Å². The van der Waals surface area contributed by atoms with Crippen LogP contribution in [0.1, 0.15) is 9.67 Å². The van der Waals surface area contributed by atoms with Crippen LogP contribution in [0.2, 0.25) is 9.36 Å². The maximum atomic E-state index is 10.3. The van der Waals surface area contributed by atoms with E-state index in [9.17, 15) is 4.79 Å². The van der Waals surface area contributed by atoms with Crippen molar-refractivity contribution in [3.8, 4) is 0 Å². The molecule has 2 nitrogen and oxygen atoms in total. The summed E-state index contributed by atoms with van der Waals surface area (Å²) in [5.41, 5.74) is 0. The van der Waals surface area contributed by atoms with E-state index >= 15 is 0 Å². The van der Waals surface area contributed by atoms with Gasteiger partial charge in [0.1, 0.15) is 9.21 Å². The van der Waals surface area contributed by atoms with E-state index in [4.69, 9.17) is 28.3 Å². The van der Waals surface area contributed by atoms with E-state index in [1.54, 1.807) is 0 Å². The highest BCUT2D eigenvalue weighted by atomic mass is 35.5. The van der Waals surface area contributed by atoms with E-state index in [-0.39, 0.29) is 17.3 Å².